The molecule has 0 fully saturated rings. The second-order valence-electron chi connectivity index (χ2n) is 12.3. The quantitative estimate of drug-likeness (QED) is 0.193. The number of hydrogen-bond donors (Lipinski definition) is 0. The van der Waals surface area contributed by atoms with Gasteiger partial charge in [-0.25, -0.2) is 0 Å². The Morgan fingerprint density at radius 1 is 0.400 bits per heavy atom. The highest BCUT2D eigenvalue weighted by molar-refractivity contribution is 5.93. The van der Waals surface area contributed by atoms with Gasteiger partial charge in [0.25, 0.3) is 0 Å². The Bertz CT molecular complexity index is 2000. The van der Waals surface area contributed by atoms with Crippen molar-refractivity contribution >= 4 is 0 Å². The molecule has 0 heterocycles. The predicted molar refractivity (Wildman–Crippen MR) is 160 cm³/mol. The Morgan fingerprint density at radius 3 is 1.32 bits per heavy atom. The summed E-state index contributed by atoms with van der Waals surface area (Å²) >= 11 is 0. The van der Waals surface area contributed by atoms with Gasteiger partial charge < -0.3 is 0 Å². The zero-order chi connectivity index (χ0) is 25.7. The van der Waals surface area contributed by atoms with Crippen molar-refractivity contribution < 1.29 is 0 Å². The lowest BCUT2D eigenvalue weighted by atomic mass is 9.49. The fourth-order valence-electron chi connectivity index (χ4n) is 9.72. The van der Waals surface area contributed by atoms with Crippen LogP contribution in [0.2, 0.25) is 0 Å². The van der Waals surface area contributed by atoms with Crippen LogP contribution in [0.1, 0.15) is 78.6 Å². The van der Waals surface area contributed by atoms with Crippen LogP contribution in [0.15, 0.2) is 121 Å². The van der Waals surface area contributed by atoms with Crippen LogP contribution in [0, 0.1) is 0 Å². The minimum absolute atomic E-state index is 0.295. The molecule has 11 rings (SSSR count). The van der Waals surface area contributed by atoms with Crippen LogP contribution >= 0.6 is 0 Å². The Labute approximate surface area is 233 Å². The summed E-state index contributed by atoms with van der Waals surface area (Å²) in [5, 5.41) is 0. The van der Waals surface area contributed by atoms with E-state index in [9.17, 15) is 0 Å². The maximum absolute atomic E-state index is 2.46. The van der Waals surface area contributed by atoms with Crippen molar-refractivity contribution in [2.75, 3.05) is 0 Å². The summed E-state index contributed by atoms with van der Waals surface area (Å²) in [7, 11) is 0. The molecule has 2 unspecified atom stereocenters. The minimum Gasteiger partial charge on any atom is -0.0619 e. The van der Waals surface area contributed by atoms with E-state index in [-0.39, 0.29) is 5.41 Å². The van der Waals surface area contributed by atoms with E-state index in [0.29, 0.717) is 11.8 Å². The molecule has 40 heavy (non-hydrogen) atoms. The molecule has 6 aromatic rings. The van der Waals surface area contributed by atoms with E-state index in [1.807, 2.05) is 0 Å². The van der Waals surface area contributed by atoms with Crippen molar-refractivity contribution in [1.29, 1.82) is 0 Å². The molecule has 6 aromatic carbocycles. The number of rotatable bonds is 0. The van der Waals surface area contributed by atoms with Gasteiger partial charge in [-0.2, -0.15) is 0 Å². The number of hydrogen-bond acceptors (Lipinski definition) is 0. The highest BCUT2D eigenvalue weighted by Crippen LogP contribution is 2.69. The lowest BCUT2D eigenvalue weighted by molar-refractivity contribution is 0.620. The highest BCUT2D eigenvalue weighted by Gasteiger charge is 2.58. The van der Waals surface area contributed by atoms with E-state index in [2.05, 4.69) is 121 Å². The molecule has 0 radical (unpaired) electrons. The molecular weight excluding hydrogens is 480 g/mol. The van der Waals surface area contributed by atoms with Gasteiger partial charge in [-0.05, 0) is 95.4 Å². The molecular formula is C40H24. The van der Waals surface area contributed by atoms with Crippen molar-refractivity contribution in [3.8, 4) is 22.3 Å². The smallest absolute Gasteiger partial charge is 0.0619 e. The standard InChI is InChI=1S/C40H24/c1-3-11-26-24(9-1)28-19-17-22-21-23-18-20-29-25-10-2-4-12-27(25)35-31-14-6-8-16-33(31)40(39(23)37(29)35)32-15-7-5-13-30(32)34(26)36(28)38(22)40/h1-20,34-35H,21H2. The third kappa shape index (κ3) is 1.96. The van der Waals surface area contributed by atoms with E-state index in [4.69, 9.17) is 0 Å². The molecule has 0 amide bonds. The molecule has 5 aliphatic rings. The molecule has 184 valence electrons. The Morgan fingerprint density at radius 2 is 0.825 bits per heavy atom. The molecule has 1 spiro atoms. The first kappa shape index (κ1) is 20.3. The van der Waals surface area contributed by atoms with E-state index < -0.39 is 0 Å². The summed E-state index contributed by atoms with van der Waals surface area (Å²) < 4.78 is 0. The van der Waals surface area contributed by atoms with Crippen LogP contribution in [0.25, 0.3) is 22.3 Å². The lowest BCUT2D eigenvalue weighted by Gasteiger charge is -2.52. The van der Waals surface area contributed by atoms with Gasteiger partial charge in [0.1, 0.15) is 0 Å². The molecule has 0 aliphatic heterocycles. The summed E-state index contributed by atoms with van der Waals surface area (Å²) in [6, 6.07) is 47.0. The average Bonchev–Trinajstić information content (AvgIpc) is 3.54. The van der Waals surface area contributed by atoms with E-state index >= 15 is 0 Å². The second kappa shape index (κ2) is 6.54. The fourth-order valence-corrected chi connectivity index (χ4v) is 9.72. The van der Waals surface area contributed by atoms with Gasteiger partial charge in [-0.1, -0.05) is 121 Å². The summed E-state index contributed by atoms with van der Waals surface area (Å²) in [6.07, 6.45) is 1.00. The van der Waals surface area contributed by atoms with Crippen LogP contribution in [-0.2, 0) is 11.8 Å². The van der Waals surface area contributed by atoms with E-state index in [0.717, 1.165) is 6.42 Å². The van der Waals surface area contributed by atoms with Gasteiger partial charge in [-0.15, -0.1) is 0 Å². The van der Waals surface area contributed by atoms with E-state index in [1.54, 1.807) is 22.3 Å². The van der Waals surface area contributed by atoms with Crippen molar-refractivity contribution in [2.45, 2.75) is 23.7 Å². The van der Waals surface area contributed by atoms with Gasteiger partial charge in [-0.3, -0.25) is 0 Å². The Kier molecular flexibility index (Phi) is 3.31. The first-order valence-electron chi connectivity index (χ1n) is 14.6. The van der Waals surface area contributed by atoms with Gasteiger partial charge in [0.2, 0.25) is 0 Å². The molecule has 2 atom stereocenters. The summed E-state index contributed by atoms with van der Waals surface area (Å²) in [5.41, 5.74) is 23.5. The third-order valence-corrected chi connectivity index (χ3v) is 10.8. The molecule has 0 nitrogen and oxygen atoms in total. The Balaban J connectivity index is 1.40. The fraction of sp³-hybridized carbons (Fsp3) is 0.100. The number of benzene rings is 6. The molecule has 0 saturated carbocycles. The van der Waals surface area contributed by atoms with Crippen LogP contribution in [0.4, 0.5) is 0 Å². The van der Waals surface area contributed by atoms with Crippen molar-refractivity contribution in [3.63, 3.8) is 0 Å². The van der Waals surface area contributed by atoms with E-state index in [1.165, 1.54) is 66.8 Å². The zero-order valence-electron chi connectivity index (χ0n) is 21.9. The largest absolute Gasteiger partial charge is 0.0719 e. The molecule has 0 aromatic heterocycles. The van der Waals surface area contributed by atoms with Crippen LogP contribution in [-0.4, -0.2) is 0 Å². The molecule has 0 N–H and O–H groups in total. The van der Waals surface area contributed by atoms with Gasteiger partial charge >= 0.3 is 0 Å². The van der Waals surface area contributed by atoms with Gasteiger partial charge in [0, 0.05) is 11.8 Å². The normalized spacial score (nSPS) is 22.0. The SMILES string of the molecule is c1ccc2c(c1)-c1ccc3c4c1C2c1ccccc1C41c2ccccc2C2c4ccccc4-c4ccc(c1c42)C3. The second-order valence-corrected chi connectivity index (χ2v) is 12.3. The number of fused-ring (bicyclic) bond motifs is 10. The maximum Gasteiger partial charge on any atom is 0.0719 e. The van der Waals surface area contributed by atoms with Crippen LogP contribution in [0.3, 0.4) is 0 Å². The zero-order valence-corrected chi connectivity index (χ0v) is 21.9. The monoisotopic (exact) mass is 504 g/mol. The summed E-state index contributed by atoms with van der Waals surface area (Å²) in [5.74, 6) is 0.590. The van der Waals surface area contributed by atoms with Gasteiger partial charge in [0.05, 0.1) is 5.41 Å². The molecule has 5 aliphatic carbocycles. The predicted octanol–water partition coefficient (Wildman–Crippen LogP) is 8.92. The lowest BCUT2D eigenvalue weighted by Crippen LogP contribution is -2.45. The minimum atomic E-state index is -0.302. The third-order valence-electron chi connectivity index (χ3n) is 10.8. The highest BCUT2D eigenvalue weighted by atomic mass is 14.6. The molecule has 0 saturated heterocycles. The Hall–Kier alpha value is -4.68. The van der Waals surface area contributed by atoms with Crippen molar-refractivity contribution in [1.82, 2.24) is 0 Å². The first-order chi connectivity index (χ1) is 19.9. The van der Waals surface area contributed by atoms with Crippen molar-refractivity contribution in [3.05, 3.63) is 188 Å². The van der Waals surface area contributed by atoms with Gasteiger partial charge in [0.15, 0.2) is 0 Å². The maximum atomic E-state index is 2.46. The van der Waals surface area contributed by atoms with Crippen molar-refractivity contribution in [2.24, 2.45) is 0 Å². The van der Waals surface area contributed by atoms with Crippen LogP contribution < -0.4 is 0 Å². The summed E-state index contributed by atoms with van der Waals surface area (Å²) in [4.78, 5) is 0. The first-order valence-corrected chi connectivity index (χ1v) is 14.6. The topological polar surface area (TPSA) is 0 Å². The average molecular weight is 505 g/mol. The molecule has 0 bridgehead atoms. The molecule has 0 heteroatoms. The summed E-state index contributed by atoms with van der Waals surface area (Å²) in [6.45, 7) is 0. The van der Waals surface area contributed by atoms with Crippen LogP contribution in [0.5, 0.6) is 0 Å².